The molecule has 0 spiro atoms. The molecule has 1 aromatic heterocycles. The summed E-state index contributed by atoms with van der Waals surface area (Å²) in [6, 6.07) is 0. The molecule has 9 heteroatoms. The van der Waals surface area contributed by atoms with E-state index in [1.54, 1.807) is 22.6 Å². The molecule has 3 N–H and O–H groups in total. The van der Waals surface area contributed by atoms with Crippen LogP contribution < -0.4 is 11.2 Å². The first kappa shape index (κ1) is 18.0. The number of nitrogens with zero attached hydrogens (tertiary/aromatic N) is 1. The average Bonchev–Trinajstić information content (AvgIpc) is 2.74. The van der Waals surface area contributed by atoms with Crippen molar-refractivity contribution >= 4 is 28.4 Å². The van der Waals surface area contributed by atoms with Gasteiger partial charge in [-0.3, -0.25) is 14.3 Å². The van der Waals surface area contributed by atoms with Gasteiger partial charge in [0.15, 0.2) is 0 Å². The number of aliphatic hydroxyl groups excluding tert-OH is 2. The van der Waals surface area contributed by atoms with Gasteiger partial charge in [0, 0.05) is 12.6 Å². The third-order valence-corrected chi connectivity index (χ3v) is 3.39. The average molecular weight is 412 g/mol. The fourth-order valence-electron chi connectivity index (χ4n) is 1.72. The van der Waals surface area contributed by atoms with Gasteiger partial charge in [-0.25, -0.2) is 4.79 Å². The number of carbonyl (C=O) groups is 1. The van der Waals surface area contributed by atoms with Crippen LogP contribution in [0.15, 0.2) is 15.8 Å². The molecule has 0 saturated carbocycles. The van der Waals surface area contributed by atoms with Crippen molar-refractivity contribution < 1.29 is 19.7 Å². The number of aromatic nitrogens is 2. The van der Waals surface area contributed by atoms with Crippen molar-refractivity contribution in [3.8, 4) is 0 Å². The number of rotatable bonds is 2. The molecular weight excluding hydrogens is 395 g/mol. The lowest BCUT2D eigenvalue weighted by Crippen LogP contribution is -2.33. The van der Waals surface area contributed by atoms with E-state index < -0.39 is 29.7 Å². The number of hydrogen-bond acceptors (Lipinski definition) is 6. The van der Waals surface area contributed by atoms with Gasteiger partial charge in [-0.2, -0.15) is 0 Å². The summed E-state index contributed by atoms with van der Waals surface area (Å²) in [7, 11) is 0. The van der Waals surface area contributed by atoms with Crippen LogP contribution in [-0.2, 0) is 9.53 Å². The van der Waals surface area contributed by atoms with E-state index in [-0.39, 0.29) is 18.8 Å². The second-order valence-corrected chi connectivity index (χ2v) is 5.83. The van der Waals surface area contributed by atoms with E-state index in [1.165, 1.54) is 24.6 Å². The zero-order valence-electron chi connectivity index (χ0n) is 11.6. The van der Waals surface area contributed by atoms with Gasteiger partial charge < -0.3 is 19.7 Å². The number of hydrogen-bond donors (Lipinski definition) is 3. The maximum atomic E-state index is 11.6. The van der Waals surface area contributed by atoms with E-state index in [0.717, 1.165) is 0 Å². The van der Waals surface area contributed by atoms with Crippen molar-refractivity contribution in [3.63, 3.8) is 0 Å². The van der Waals surface area contributed by atoms with E-state index in [2.05, 4.69) is 4.98 Å². The number of halogens is 1. The molecule has 0 amide bonds. The molecule has 0 aromatic carbocycles. The molecule has 2 rings (SSSR count). The molecule has 1 saturated heterocycles. The Labute approximate surface area is 133 Å². The van der Waals surface area contributed by atoms with Crippen LogP contribution in [0.25, 0.3) is 0 Å². The van der Waals surface area contributed by atoms with E-state index in [4.69, 9.17) is 9.84 Å². The molecule has 8 nitrogen and oxygen atoms in total. The summed E-state index contributed by atoms with van der Waals surface area (Å²) in [6.07, 6.45) is -0.607. The van der Waals surface area contributed by atoms with Gasteiger partial charge in [0.2, 0.25) is 0 Å². The first-order valence-electron chi connectivity index (χ1n) is 6.18. The highest BCUT2D eigenvalue weighted by Crippen LogP contribution is 2.27. The molecule has 0 bridgehead atoms. The highest BCUT2D eigenvalue weighted by molar-refractivity contribution is 14.1. The van der Waals surface area contributed by atoms with Gasteiger partial charge in [-0.15, -0.1) is 0 Å². The van der Waals surface area contributed by atoms with Crippen molar-refractivity contribution in [1.29, 1.82) is 0 Å². The van der Waals surface area contributed by atoms with Gasteiger partial charge >= 0.3 is 5.69 Å². The lowest BCUT2D eigenvalue weighted by Gasteiger charge is -2.14. The minimum atomic E-state index is -0.818. The first-order chi connectivity index (χ1) is 9.76. The van der Waals surface area contributed by atoms with Crippen LogP contribution in [0.1, 0.15) is 26.5 Å². The Kier molecular flexibility index (Phi) is 6.71. The van der Waals surface area contributed by atoms with Crippen molar-refractivity contribution in [2.45, 2.75) is 38.7 Å². The SMILES string of the molecule is CC(C)=O.O=c1[nH]c(=O)n(C2C[C@H](O)[C@@H](CO)O2)cc1I. The molecule has 1 aliphatic heterocycles. The summed E-state index contributed by atoms with van der Waals surface area (Å²) in [6.45, 7) is 2.74. The van der Waals surface area contributed by atoms with Crippen LogP contribution in [0.5, 0.6) is 0 Å². The molecule has 1 aliphatic rings. The molecule has 3 atom stereocenters. The van der Waals surface area contributed by atoms with Crippen LogP contribution in [0.2, 0.25) is 0 Å². The molecule has 0 radical (unpaired) electrons. The van der Waals surface area contributed by atoms with Gasteiger partial charge in [0.25, 0.3) is 5.56 Å². The van der Waals surface area contributed by atoms with Crippen molar-refractivity contribution in [1.82, 2.24) is 9.55 Å². The summed E-state index contributed by atoms with van der Waals surface area (Å²) in [5.41, 5.74) is -1.05. The smallest absolute Gasteiger partial charge is 0.330 e. The summed E-state index contributed by atoms with van der Waals surface area (Å²) in [5.74, 6) is 0.167. The third kappa shape index (κ3) is 5.02. The van der Waals surface area contributed by atoms with Gasteiger partial charge in [0.05, 0.1) is 16.3 Å². The molecule has 21 heavy (non-hydrogen) atoms. The van der Waals surface area contributed by atoms with Gasteiger partial charge in [0.1, 0.15) is 18.1 Å². The molecular formula is C12H17IN2O6. The molecule has 1 unspecified atom stereocenters. The fourth-order valence-corrected chi connectivity index (χ4v) is 2.16. The number of aromatic amines is 1. The largest absolute Gasteiger partial charge is 0.394 e. The molecule has 0 aliphatic carbocycles. The quantitative estimate of drug-likeness (QED) is 0.557. The van der Waals surface area contributed by atoms with Crippen molar-refractivity contribution in [2.75, 3.05) is 6.61 Å². The lowest BCUT2D eigenvalue weighted by atomic mass is 10.2. The lowest BCUT2D eigenvalue weighted by molar-refractivity contribution is -0.114. The number of Topliss-reactive ketones (excluding diaryl/α,β-unsaturated/α-hetero) is 1. The summed E-state index contributed by atoms with van der Waals surface area (Å²) in [4.78, 5) is 34.3. The van der Waals surface area contributed by atoms with Crippen LogP contribution >= 0.6 is 22.6 Å². The number of aliphatic hydroxyl groups is 2. The maximum absolute atomic E-state index is 11.6. The van der Waals surface area contributed by atoms with Gasteiger partial charge in [-0.1, -0.05) is 0 Å². The Morgan fingerprint density at radius 1 is 1.52 bits per heavy atom. The maximum Gasteiger partial charge on any atom is 0.330 e. The second kappa shape index (κ2) is 7.82. The second-order valence-electron chi connectivity index (χ2n) is 4.67. The van der Waals surface area contributed by atoms with E-state index in [9.17, 15) is 19.5 Å². The van der Waals surface area contributed by atoms with Crippen molar-refractivity contribution in [2.24, 2.45) is 0 Å². The molecule has 2 heterocycles. The number of nitrogens with one attached hydrogen (secondary N) is 1. The summed E-state index contributed by atoms with van der Waals surface area (Å²) < 4.78 is 6.89. The summed E-state index contributed by atoms with van der Waals surface area (Å²) in [5, 5.41) is 18.5. The van der Waals surface area contributed by atoms with Gasteiger partial charge in [-0.05, 0) is 36.4 Å². The molecule has 1 fully saturated rings. The van der Waals surface area contributed by atoms with Crippen LogP contribution in [0.4, 0.5) is 0 Å². The van der Waals surface area contributed by atoms with E-state index in [0.29, 0.717) is 3.57 Å². The number of ether oxygens (including phenoxy) is 1. The highest BCUT2D eigenvalue weighted by atomic mass is 127. The number of ketones is 1. The summed E-state index contributed by atoms with van der Waals surface area (Å²) >= 11 is 1.80. The number of H-pyrrole nitrogens is 1. The molecule has 1 aromatic rings. The fraction of sp³-hybridized carbons (Fsp3) is 0.583. The monoisotopic (exact) mass is 412 g/mol. The van der Waals surface area contributed by atoms with E-state index >= 15 is 0 Å². The first-order valence-corrected chi connectivity index (χ1v) is 7.26. The zero-order chi connectivity index (χ0) is 16.2. The standard InChI is InChI=1S/C9H11IN2O5.C3H6O/c10-4-2-12(9(16)11-8(4)15)7-1-5(14)6(3-13)17-7;1-3(2)4/h2,5-7,13-14H,1,3H2,(H,11,15,16);1-2H3/t5-,6+,7?;/m0./s1. The predicted molar refractivity (Wildman–Crippen MR) is 82.0 cm³/mol. The van der Waals surface area contributed by atoms with E-state index in [1.807, 2.05) is 0 Å². The van der Waals surface area contributed by atoms with Crippen LogP contribution in [0.3, 0.4) is 0 Å². The topological polar surface area (TPSA) is 122 Å². The van der Waals surface area contributed by atoms with Crippen LogP contribution in [-0.4, -0.2) is 44.4 Å². The third-order valence-electron chi connectivity index (χ3n) is 2.62. The Morgan fingerprint density at radius 2 is 2.10 bits per heavy atom. The minimum Gasteiger partial charge on any atom is -0.394 e. The Balaban J connectivity index is 0.000000491. The van der Waals surface area contributed by atoms with Crippen LogP contribution in [0, 0.1) is 3.57 Å². The zero-order valence-corrected chi connectivity index (χ0v) is 13.7. The minimum absolute atomic E-state index is 0.167. The van der Waals surface area contributed by atoms with Crippen molar-refractivity contribution in [3.05, 3.63) is 30.6 Å². The normalized spacial score (nSPS) is 24.3. The number of carbonyl (C=O) groups excluding carboxylic acids is 1. The highest BCUT2D eigenvalue weighted by Gasteiger charge is 2.35. The Morgan fingerprint density at radius 3 is 2.57 bits per heavy atom. The predicted octanol–water partition coefficient (Wildman–Crippen LogP) is -0.623. The molecule has 118 valence electrons. The Bertz CT molecular complexity index is 607. The Hall–Kier alpha value is -1.04.